The van der Waals surface area contributed by atoms with Gasteiger partial charge in [-0.05, 0) is 130 Å². The zero-order chi connectivity index (χ0) is 21.6. The molecule has 1 aromatic carbocycles. The summed E-state index contributed by atoms with van der Waals surface area (Å²) < 4.78 is 26.5. The van der Waals surface area contributed by atoms with Crippen molar-refractivity contribution in [2.75, 3.05) is 0 Å². The highest BCUT2D eigenvalue weighted by atomic mass is 19.2. The zero-order valence-corrected chi connectivity index (χ0v) is 19.5. The molecule has 0 atom stereocenters. The van der Waals surface area contributed by atoms with Crippen LogP contribution in [0, 0.1) is 47.1 Å². The van der Waals surface area contributed by atoms with Gasteiger partial charge in [0.2, 0.25) is 0 Å². The van der Waals surface area contributed by atoms with Crippen molar-refractivity contribution in [3.8, 4) is 0 Å². The molecule has 0 aromatic heterocycles. The summed E-state index contributed by atoms with van der Waals surface area (Å²) in [4.78, 5) is 0. The Morgan fingerprint density at radius 2 is 1.26 bits per heavy atom. The molecule has 31 heavy (non-hydrogen) atoms. The number of hydrogen-bond acceptors (Lipinski definition) is 0. The van der Waals surface area contributed by atoms with Crippen molar-refractivity contribution in [3.63, 3.8) is 0 Å². The highest BCUT2D eigenvalue weighted by Crippen LogP contribution is 2.42. The molecule has 172 valence electrons. The lowest BCUT2D eigenvalue weighted by Gasteiger charge is -2.36. The molecule has 3 aliphatic rings. The maximum atomic E-state index is 13.4. The number of benzene rings is 1. The predicted molar refractivity (Wildman–Crippen MR) is 126 cm³/mol. The van der Waals surface area contributed by atoms with Gasteiger partial charge in [0.05, 0.1) is 0 Å². The smallest absolute Gasteiger partial charge is 0.159 e. The van der Waals surface area contributed by atoms with E-state index in [4.69, 9.17) is 0 Å². The molecule has 0 bridgehead atoms. The summed E-state index contributed by atoms with van der Waals surface area (Å²) in [6.07, 6.45) is 23.9. The molecule has 0 radical (unpaired) electrons. The Hall–Kier alpha value is -1.18. The van der Waals surface area contributed by atoms with E-state index in [1.807, 2.05) is 0 Å². The first-order chi connectivity index (χ1) is 15.1. The van der Waals surface area contributed by atoms with Crippen molar-refractivity contribution in [1.82, 2.24) is 0 Å². The van der Waals surface area contributed by atoms with E-state index in [1.54, 1.807) is 6.07 Å². The fourth-order valence-electron chi connectivity index (χ4n) is 6.62. The summed E-state index contributed by atoms with van der Waals surface area (Å²) in [6, 6.07) is 4.36. The maximum Gasteiger partial charge on any atom is 0.159 e. The molecule has 0 spiro atoms. The molecule has 0 heterocycles. The standard InChI is InChI=1S/C29H42F2/c1-21-2-15-26(16-3-21)27-17-12-24(13-18-27)9-8-22-4-6-23(7-5-22)10-11-25-14-19-28(30)29(31)20-25/h8-9,14,19-24,26-27H,2-7,10-13,15-18H2,1H3/t21-,22-,23-,24-,26-,27-. The lowest BCUT2D eigenvalue weighted by atomic mass is 9.69. The van der Waals surface area contributed by atoms with E-state index in [2.05, 4.69) is 19.1 Å². The third kappa shape index (κ3) is 6.65. The number of halogens is 2. The number of hydrogen-bond donors (Lipinski definition) is 0. The Labute approximate surface area is 188 Å². The van der Waals surface area contributed by atoms with Crippen molar-refractivity contribution >= 4 is 0 Å². The van der Waals surface area contributed by atoms with Crippen LogP contribution in [0.15, 0.2) is 30.4 Å². The Balaban J connectivity index is 1.13. The van der Waals surface area contributed by atoms with Crippen molar-refractivity contribution in [2.24, 2.45) is 35.5 Å². The van der Waals surface area contributed by atoms with Crippen LogP contribution < -0.4 is 0 Å². The van der Waals surface area contributed by atoms with Crippen LogP contribution in [0.1, 0.15) is 96.0 Å². The molecular formula is C29H42F2. The number of rotatable bonds is 6. The molecule has 0 nitrogen and oxygen atoms in total. The maximum absolute atomic E-state index is 13.4. The van der Waals surface area contributed by atoms with Crippen molar-refractivity contribution in [2.45, 2.75) is 96.8 Å². The topological polar surface area (TPSA) is 0 Å². The van der Waals surface area contributed by atoms with E-state index in [9.17, 15) is 8.78 Å². The summed E-state index contributed by atoms with van der Waals surface area (Å²) in [5.74, 6) is 3.89. The highest BCUT2D eigenvalue weighted by molar-refractivity contribution is 5.17. The summed E-state index contributed by atoms with van der Waals surface area (Å²) in [5.41, 5.74) is 0.930. The van der Waals surface area contributed by atoms with Crippen LogP contribution in [0.4, 0.5) is 8.78 Å². The molecule has 3 saturated carbocycles. The molecule has 3 aliphatic carbocycles. The first-order valence-corrected chi connectivity index (χ1v) is 13.2. The predicted octanol–water partition coefficient (Wildman–Crippen LogP) is 8.89. The summed E-state index contributed by atoms with van der Waals surface area (Å²) >= 11 is 0. The van der Waals surface area contributed by atoms with E-state index in [-0.39, 0.29) is 0 Å². The quantitative estimate of drug-likeness (QED) is 0.397. The van der Waals surface area contributed by atoms with Crippen LogP contribution in [0.5, 0.6) is 0 Å². The van der Waals surface area contributed by atoms with Crippen molar-refractivity contribution in [3.05, 3.63) is 47.5 Å². The van der Waals surface area contributed by atoms with Crippen LogP contribution >= 0.6 is 0 Å². The molecule has 0 saturated heterocycles. The molecular weight excluding hydrogens is 386 g/mol. The van der Waals surface area contributed by atoms with E-state index in [0.29, 0.717) is 0 Å². The van der Waals surface area contributed by atoms with Gasteiger partial charge < -0.3 is 0 Å². The minimum Gasteiger partial charge on any atom is -0.204 e. The molecule has 1 aromatic rings. The minimum absolute atomic E-state index is 0.714. The van der Waals surface area contributed by atoms with Gasteiger partial charge in [-0.1, -0.05) is 38.0 Å². The minimum atomic E-state index is -0.742. The van der Waals surface area contributed by atoms with Gasteiger partial charge in [0.25, 0.3) is 0 Å². The second-order valence-corrected chi connectivity index (χ2v) is 11.1. The second-order valence-electron chi connectivity index (χ2n) is 11.1. The van der Waals surface area contributed by atoms with Gasteiger partial charge in [0.1, 0.15) is 0 Å². The SMILES string of the molecule is C[C@H]1CC[C@H]([C@H]2CC[C@H](C=C[C@H]3CC[C@H](CCc4ccc(F)c(F)c4)CC3)CC2)CC1. The lowest BCUT2D eigenvalue weighted by Crippen LogP contribution is -2.24. The normalized spacial score (nSPS) is 34.8. The molecule has 3 fully saturated rings. The largest absolute Gasteiger partial charge is 0.204 e. The Kier molecular flexibility index (Phi) is 8.24. The fraction of sp³-hybridized carbons (Fsp3) is 0.724. The van der Waals surface area contributed by atoms with E-state index < -0.39 is 11.6 Å². The third-order valence-corrected chi connectivity index (χ3v) is 8.92. The van der Waals surface area contributed by atoms with Crippen LogP contribution in [-0.4, -0.2) is 0 Å². The lowest BCUT2D eigenvalue weighted by molar-refractivity contribution is 0.160. The fourth-order valence-corrected chi connectivity index (χ4v) is 6.62. The average molecular weight is 429 g/mol. The number of allylic oxidation sites excluding steroid dienone is 2. The van der Waals surface area contributed by atoms with Crippen molar-refractivity contribution < 1.29 is 8.78 Å². The molecule has 2 heteroatoms. The first kappa shape index (κ1) is 23.0. The van der Waals surface area contributed by atoms with E-state index in [1.165, 1.54) is 89.2 Å². The molecule has 0 aliphatic heterocycles. The van der Waals surface area contributed by atoms with Gasteiger partial charge in [0, 0.05) is 0 Å². The first-order valence-electron chi connectivity index (χ1n) is 13.2. The average Bonchev–Trinajstić information content (AvgIpc) is 2.80. The van der Waals surface area contributed by atoms with Crippen LogP contribution in [-0.2, 0) is 6.42 Å². The van der Waals surface area contributed by atoms with Crippen LogP contribution in [0.25, 0.3) is 0 Å². The van der Waals surface area contributed by atoms with Gasteiger partial charge in [-0.3, -0.25) is 0 Å². The number of aryl methyl sites for hydroxylation is 1. The monoisotopic (exact) mass is 428 g/mol. The van der Waals surface area contributed by atoms with Gasteiger partial charge in [-0.25, -0.2) is 8.78 Å². The van der Waals surface area contributed by atoms with Crippen LogP contribution in [0.2, 0.25) is 0 Å². The van der Waals surface area contributed by atoms with Crippen LogP contribution in [0.3, 0.4) is 0 Å². The van der Waals surface area contributed by atoms with Gasteiger partial charge in [-0.15, -0.1) is 0 Å². The second kappa shape index (κ2) is 11.1. The van der Waals surface area contributed by atoms with Gasteiger partial charge in [-0.2, -0.15) is 0 Å². The highest BCUT2D eigenvalue weighted by Gasteiger charge is 2.29. The summed E-state index contributed by atoms with van der Waals surface area (Å²) in [7, 11) is 0. The van der Waals surface area contributed by atoms with E-state index in [0.717, 1.165) is 53.9 Å². The molecule has 4 rings (SSSR count). The van der Waals surface area contributed by atoms with Gasteiger partial charge >= 0.3 is 0 Å². The molecule has 0 N–H and O–H groups in total. The molecule has 0 amide bonds. The Morgan fingerprint density at radius 3 is 1.84 bits per heavy atom. The third-order valence-electron chi connectivity index (χ3n) is 8.92. The summed E-state index contributed by atoms with van der Waals surface area (Å²) in [6.45, 7) is 2.43. The Bertz CT molecular complexity index is 699. The van der Waals surface area contributed by atoms with Crippen molar-refractivity contribution in [1.29, 1.82) is 0 Å². The summed E-state index contributed by atoms with van der Waals surface area (Å²) in [5, 5.41) is 0. The van der Waals surface area contributed by atoms with E-state index >= 15 is 0 Å². The Morgan fingerprint density at radius 1 is 0.710 bits per heavy atom. The zero-order valence-electron chi connectivity index (χ0n) is 19.5. The molecule has 0 unspecified atom stereocenters. The van der Waals surface area contributed by atoms with Gasteiger partial charge in [0.15, 0.2) is 11.6 Å².